The molecule has 200 valence electrons. The molecule has 4 rings (SSSR count). The molecule has 1 saturated heterocycles. The van der Waals surface area contributed by atoms with Gasteiger partial charge in [0.1, 0.15) is 5.75 Å². The van der Waals surface area contributed by atoms with E-state index < -0.39 is 47.1 Å². The fraction of sp³-hybridized carbons (Fsp3) is 0.690. The number of aliphatic hydroxyl groups is 2. The van der Waals surface area contributed by atoms with Crippen LogP contribution in [0, 0.1) is 36.5 Å². The van der Waals surface area contributed by atoms with Crippen molar-refractivity contribution in [3.05, 3.63) is 28.3 Å². The molecule has 9 atom stereocenters. The van der Waals surface area contributed by atoms with Crippen LogP contribution in [0.4, 0.5) is 0 Å². The van der Waals surface area contributed by atoms with Crippen molar-refractivity contribution in [3.63, 3.8) is 0 Å². The second-order valence-electron chi connectivity index (χ2n) is 11.9. The van der Waals surface area contributed by atoms with E-state index in [1.807, 2.05) is 13.8 Å². The minimum Gasteiger partial charge on any atom is -0.504 e. The van der Waals surface area contributed by atoms with Gasteiger partial charge in [-0.05, 0) is 51.4 Å². The van der Waals surface area contributed by atoms with Crippen molar-refractivity contribution < 1.29 is 34.7 Å². The molecule has 0 radical (unpaired) electrons. The van der Waals surface area contributed by atoms with Crippen LogP contribution < -0.4 is 4.74 Å². The summed E-state index contributed by atoms with van der Waals surface area (Å²) in [4.78, 5) is 13.9. The van der Waals surface area contributed by atoms with Crippen LogP contribution in [-0.4, -0.2) is 44.2 Å². The van der Waals surface area contributed by atoms with Crippen molar-refractivity contribution in [2.75, 3.05) is 0 Å². The normalized spacial score (nSPS) is 40.9. The number of hydrogen-bond acceptors (Lipinski definition) is 7. The number of aromatic hydroxyl groups is 2. The van der Waals surface area contributed by atoms with Gasteiger partial charge >= 0.3 is 0 Å². The van der Waals surface area contributed by atoms with Gasteiger partial charge in [0.05, 0.1) is 23.9 Å². The molecule has 9 unspecified atom stereocenters. The smallest absolute Gasteiger partial charge is 0.275 e. The highest BCUT2D eigenvalue weighted by atomic mass is 16.6. The van der Waals surface area contributed by atoms with Gasteiger partial charge in [0.25, 0.3) is 5.79 Å². The molecular formula is C29H42O7. The summed E-state index contributed by atoms with van der Waals surface area (Å²) in [5.41, 5.74) is 1.59. The van der Waals surface area contributed by atoms with Gasteiger partial charge in [0.15, 0.2) is 11.5 Å². The average Bonchev–Trinajstić information content (AvgIpc) is 3.08. The zero-order valence-corrected chi connectivity index (χ0v) is 22.5. The third-order valence-electron chi connectivity index (χ3n) is 8.80. The van der Waals surface area contributed by atoms with Crippen molar-refractivity contribution in [3.8, 4) is 17.2 Å². The number of fused-ring (bicyclic) bond motifs is 4. The van der Waals surface area contributed by atoms with Gasteiger partial charge in [-0.1, -0.05) is 46.3 Å². The molecule has 4 bridgehead atoms. The van der Waals surface area contributed by atoms with Crippen LogP contribution in [-0.2, 0) is 4.74 Å². The fourth-order valence-electron chi connectivity index (χ4n) is 6.61. The number of ether oxygens (including phenoxy) is 2. The lowest BCUT2D eigenvalue weighted by Crippen LogP contribution is -2.47. The molecule has 0 amide bonds. The first-order valence-electron chi connectivity index (χ1n) is 13.3. The number of rotatable bonds is 0. The quantitative estimate of drug-likeness (QED) is 0.286. The molecule has 3 aliphatic heterocycles. The van der Waals surface area contributed by atoms with Crippen molar-refractivity contribution >= 4 is 5.78 Å². The third kappa shape index (κ3) is 4.33. The van der Waals surface area contributed by atoms with Gasteiger partial charge in [0.2, 0.25) is 5.78 Å². The number of carbonyl (C=O) groups is 1. The van der Waals surface area contributed by atoms with Gasteiger partial charge in [-0.25, -0.2) is 0 Å². The Kier molecular flexibility index (Phi) is 7.23. The second kappa shape index (κ2) is 9.66. The first-order valence-corrected chi connectivity index (χ1v) is 13.3. The SMILES string of the molecule is C/C1=C\C(C)CCC2OC(c3c(O)c(O)c(C)c4c3C(=O)C(O)(O4)C(C)CC(C)C1)C(C)C(O)C2C. The Morgan fingerprint density at radius 2 is 1.67 bits per heavy atom. The summed E-state index contributed by atoms with van der Waals surface area (Å²) in [6.45, 7) is 13.5. The molecule has 3 aliphatic rings. The summed E-state index contributed by atoms with van der Waals surface area (Å²) in [5, 5.41) is 44.6. The molecule has 7 heteroatoms. The number of ketones is 1. The highest BCUT2D eigenvalue weighted by Crippen LogP contribution is 2.55. The van der Waals surface area contributed by atoms with E-state index in [1.54, 1.807) is 13.8 Å². The summed E-state index contributed by atoms with van der Waals surface area (Å²) >= 11 is 0. The number of allylic oxidation sites excluding steroid dienone is 2. The maximum atomic E-state index is 13.9. The number of aliphatic hydroxyl groups excluding tert-OH is 1. The summed E-state index contributed by atoms with van der Waals surface area (Å²) in [6, 6.07) is 0. The third-order valence-corrected chi connectivity index (χ3v) is 8.80. The number of benzene rings is 1. The monoisotopic (exact) mass is 502 g/mol. The van der Waals surface area contributed by atoms with Crippen LogP contribution in [0.15, 0.2) is 11.6 Å². The maximum absolute atomic E-state index is 13.9. The van der Waals surface area contributed by atoms with Crippen LogP contribution in [0.25, 0.3) is 0 Å². The van der Waals surface area contributed by atoms with E-state index in [0.29, 0.717) is 18.8 Å². The van der Waals surface area contributed by atoms with Crippen LogP contribution >= 0.6 is 0 Å². The van der Waals surface area contributed by atoms with Crippen molar-refractivity contribution in [2.45, 2.75) is 98.2 Å². The molecule has 1 aromatic carbocycles. The van der Waals surface area contributed by atoms with E-state index in [2.05, 4.69) is 26.8 Å². The van der Waals surface area contributed by atoms with Crippen LogP contribution in [0.1, 0.15) is 94.8 Å². The summed E-state index contributed by atoms with van der Waals surface area (Å²) in [5.74, 6) is -4.18. The van der Waals surface area contributed by atoms with Crippen LogP contribution in [0.2, 0.25) is 0 Å². The van der Waals surface area contributed by atoms with Gasteiger partial charge in [0, 0.05) is 28.9 Å². The number of phenols is 2. The molecule has 0 aliphatic carbocycles. The van der Waals surface area contributed by atoms with E-state index in [-0.39, 0.29) is 40.4 Å². The van der Waals surface area contributed by atoms with Crippen molar-refractivity contribution in [2.24, 2.45) is 29.6 Å². The van der Waals surface area contributed by atoms with Gasteiger partial charge in [-0.2, -0.15) is 0 Å². The molecule has 0 aromatic heterocycles. The molecule has 7 nitrogen and oxygen atoms in total. The summed E-state index contributed by atoms with van der Waals surface area (Å²) in [7, 11) is 0. The Bertz CT molecular complexity index is 1060. The Balaban J connectivity index is 1.89. The molecule has 1 fully saturated rings. The predicted octanol–water partition coefficient (Wildman–Crippen LogP) is 5.17. The van der Waals surface area contributed by atoms with Gasteiger partial charge in [-0.15, -0.1) is 0 Å². The number of Topliss-reactive ketones (excluding diaryl/α,β-unsaturated/α-hetero) is 1. The largest absolute Gasteiger partial charge is 0.504 e. The summed E-state index contributed by atoms with van der Waals surface area (Å²) in [6.07, 6.45) is 3.34. The fourth-order valence-corrected chi connectivity index (χ4v) is 6.61. The van der Waals surface area contributed by atoms with Crippen molar-refractivity contribution in [1.82, 2.24) is 0 Å². The molecule has 4 N–H and O–H groups in total. The van der Waals surface area contributed by atoms with E-state index in [9.17, 15) is 25.2 Å². The minimum absolute atomic E-state index is 0.0405. The highest BCUT2D eigenvalue weighted by Gasteiger charge is 2.55. The molecule has 36 heavy (non-hydrogen) atoms. The molecule has 3 heterocycles. The Morgan fingerprint density at radius 1 is 1.00 bits per heavy atom. The molecule has 0 spiro atoms. The van der Waals surface area contributed by atoms with E-state index >= 15 is 0 Å². The van der Waals surface area contributed by atoms with Gasteiger partial charge < -0.3 is 29.9 Å². The maximum Gasteiger partial charge on any atom is 0.275 e. The Labute approximate surface area is 214 Å². The van der Waals surface area contributed by atoms with E-state index in [1.165, 1.54) is 5.57 Å². The van der Waals surface area contributed by atoms with E-state index in [0.717, 1.165) is 12.8 Å². The van der Waals surface area contributed by atoms with Gasteiger partial charge in [-0.3, -0.25) is 4.79 Å². The highest BCUT2D eigenvalue weighted by molar-refractivity contribution is 6.09. The lowest BCUT2D eigenvalue weighted by molar-refractivity contribution is -0.169. The predicted molar refractivity (Wildman–Crippen MR) is 136 cm³/mol. The topological polar surface area (TPSA) is 116 Å². The van der Waals surface area contributed by atoms with E-state index in [4.69, 9.17) is 9.47 Å². The minimum atomic E-state index is -2.12. The van der Waals surface area contributed by atoms with Crippen LogP contribution in [0.5, 0.6) is 17.2 Å². The average molecular weight is 503 g/mol. The van der Waals surface area contributed by atoms with Crippen molar-refractivity contribution in [1.29, 1.82) is 0 Å². The molecule has 0 saturated carbocycles. The lowest BCUT2D eigenvalue weighted by Gasteiger charge is -2.43. The second-order valence-corrected chi connectivity index (χ2v) is 11.9. The number of phenolic OH excluding ortho intramolecular Hbond substituents is 2. The summed E-state index contributed by atoms with van der Waals surface area (Å²) < 4.78 is 12.5. The Morgan fingerprint density at radius 3 is 2.33 bits per heavy atom. The first kappa shape index (κ1) is 27.0. The standard InChI is InChI=1S/C29H42O7/c1-13-8-9-20-17(5)23(30)18(6)26(35-20)21-22-27(19(7)24(31)25(21)32)36-29(34,28(22)33)16(4)12-15(3)11-14(2)10-13/h10,13,15-18,20,23,26,30-32,34H,8-9,11-12H2,1-7H3/b14-10+. The lowest BCUT2D eigenvalue weighted by atomic mass is 9.76. The number of carbonyl (C=O) groups excluding carboxylic acids is 1. The zero-order chi connectivity index (χ0) is 26.7. The van der Waals surface area contributed by atoms with Crippen LogP contribution in [0.3, 0.4) is 0 Å². The zero-order valence-electron chi connectivity index (χ0n) is 22.5. The molecule has 1 aromatic rings. The Hall–Kier alpha value is -2.09. The first-order chi connectivity index (χ1) is 16.8. The number of hydrogen-bond donors (Lipinski definition) is 4. The molecular weight excluding hydrogens is 460 g/mol.